The molecule has 360 valence electrons. The highest BCUT2D eigenvalue weighted by molar-refractivity contribution is 7.92. The molecule has 0 spiro atoms. The maximum atomic E-state index is 13.9. The lowest BCUT2D eigenvalue weighted by Crippen LogP contribution is -2.42. The number of carbonyl (C=O) groups excluding carboxylic acids is 2. The third-order valence-electron chi connectivity index (χ3n) is 12.7. The second kappa shape index (κ2) is 18.8. The molecule has 2 aromatic heterocycles. The molecular weight excluding hydrogens is 947 g/mol. The number of benzene rings is 2. The lowest BCUT2D eigenvalue weighted by atomic mass is 10.0. The normalized spacial score (nSPS) is 23.8. The Kier molecular flexibility index (Phi) is 13.8. The number of nitriles is 2. The van der Waals surface area contributed by atoms with Gasteiger partial charge in [-0.15, -0.1) is 0 Å². The van der Waals surface area contributed by atoms with Crippen LogP contribution < -0.4 is 10.6 Å². The molecule has 8 rings (SSSR count). The summed E-state index contributed by atoms with van der Waals surface area (Å²) in [5, 5.41) is 21.2. The van der Waals surface area contributed by atoms with Gasteiger partial charge in [0.15, 0.2) is 19.7 Å². The molecular formula is C44H42F6N8O8S2. The molecule has 4 aliphatic rings. The number of alkyl halides is 6. The molecule has 2 N–H and O–H groups in total. The first-order chi connectivity index (χ1) is 32.0. The van der Waals surface area contributed by atoms with Crippen molar-refractivity contribution in [3.8, 4) is 34.4 Å². The first-order valence-electron chi connectivity index (χ1n) is 20.9. The number of nitrogens with one attached hydrogen (secondary N) is 2. The molecule has 4 fully saturated rings. The van der Waals surface area contributed by atoms with Gasteiger partial charge < -0.3 is 20.1 Å². The molecule has 24 heteroatoms. The van der Waals surface area contributed by atoms with E-state index in [9.17, 15) is 63.3 Å². The van der Waals surface area contributed by atoms with Crippen molar-refractivity contribution in [2.75, 3.05) is 14.2 Å². The lowest BCUT2D eigenvalue weighted by Gasteiger charge is -2.19. The quantitative estimate of drug-likeness (QED) is 0.159. The molecule has 16 nitrogen and oxygen atoms in total. The van der Waals surface area contributed by atoms with Gasteiger partial charge in [-0.2, -0.15) is 36.9 Å². The highest BCUT2D eigenvalue weighted by Gasteiger charge is 2.53. The number of aromatic nitrogens is 4. The monoisotopic (exact) mass is 988 g/mol. The number of hydrogen-bond donors (Lipinski definition) is 2. The van der Waals surface area contributed by atoms with Gasteiger partial charge in [0.25, 0.3) is 0 Å². The first kappa shape index (κ1) is 49.8. The minimum Gasteiger partial charge on any atom is -0.381 e. The van der Waals surface area contributed by atoms with Gasteiger partial charge in [0.2, 0.25) is 11.8 Å². The zero-order valence-corrected chi connectivity index (χ0v) is 37.7. The summed E-state index contributed by atoms with van der Waals surface area (Å²) in [6, 6.07) is 10.0. The maximum absolute atomic E-state index is 13.9. The number of rotatable bonds is 12. The molecule has 0 saturated heterocycles. The second-order valence-corrected chi connectivity index (χ2v) is 21.5. The molecule has 0 bridgehead atoms. The van der Waals surface area contributed by atoms with Crippen molar-refractivity contribution >= 4 is 31.5 Å². The number of hydrogen-bond acceptors (Lipinski definition) is 14. The van der Waals surface area contributed by atoms with Crippen molar-refractivity contribution in [2.24, 2.45) is 11.8 Å². The van der Waals surface area contributed by atoms with Gasteiger partial charge in [-0.25, -0.2) is 36.8 Å². The number of amides is 2. The summed E-state index contributed by atoms with van der Waals surface area (Å²) in [6.07, 6.45) is -2.42. The minimum atomic E-state index is -4.94. The van der Waals surface area contributed by atoms with E-state index in [1.165, 1.54) is 63.8 Å². The Morgan fingerprint density at radius 3 is 1.22 bits per heavy atom. The van der Waals surface area contributed by atoms with Crippen LogP contribution in [0.3, 0.4) is 0 Å². The second-order valence-electron chi connectivity index (χ2n) is 17.1. The number of ether oxygens (including phenoxy) is 2. The Labute approximate surface area is 386 Å². The van der Waals surface area contributed by atoms with Crippen molar-refractivity contribution in [1.29, 1.82) is 10.5 Å². The van der Waals surface area contributed by atoms with Crippen molar-refractivity contribution in [1.82, 2.24) is 30.6 Å². The largest absolute Gasteiger partial charge is 0.417 e. The molecule has 2 heterocycles. The predicted octanol–water partition coefficient (Wildman–Crippen LogP) is 5.80. The summed E-state index contributed by atoms with van der Waals surface area (Å²) < 4.78 is 148. The van der Waals surface area contributed by atoms with Gasteiger partial charge >= 0.3 is 12.4 Å². The maximum Gasteiger partial charge on any atom is 0.417 e. The van der Waals surface area contributed by atoms with E-state index in [4.69, 9.17) is 9.47 Å². The van der Waals surface area contributed by atoms with Gasteiger partial charge in [-0.1, -0.05) is 12.1 Å². The Bertz CT molecular complexity index is 2680. The van der Waals surface area contributed by atoms with Gasteiger partial charge in [0, 0.05) is 50.1 Å². The van der Waals surface area contributed by atoms with Crippen LogP contribution >= 0.6 is 0 Å². The average Bonchev–Trinajstić information content (AvgIpc) is 4.17. The molecule has 4 saturated carbocycles. The molecule has 0 unspecified atom stereocenters. The summed E-state index contributed by atoms with van der Waals surface area (Å²) in [5.74, 6) is -2.85. The van der Waals surface area contributed by atoms with E-state index < -0.39 is 110 Å². The van der Waals surface area contributed by atoms with E-state index in [0.29, 0.717) is 36.8 Å². The topological polar surface area (TPSA) is 244 Å². The molecule has 68 heavy (non-hydrogen) atoms. The highest BCUT2D eigenvalue weighted by Crippen LogP contribution is 2.45. The molecule has 2 amide bonds. The van der Waals surface area contributed by atoms with Gasteiger partial charge in [0.1, 0.15) is 23.7 Å². The van der Waals surface area contributed by atoms with Crippen LogP contribution in [0.15, 0.2) is 83.6 Å². The zero-order valence-electron chi connectivity index (χ0n) is 36.1. The van der Waals surface area contributed by atoms with E-state index >= 15 is 0 Å². The number of carbonyl (C=O) groups is 2. The SMILES string of the molecule is CO[C@@H]1C[C@H](S(=O)(=O)c2ccc(-c3cncnc3)cc2C(F)(F)F)C[C@H]1C(=O)NC1(C#N)CC1.CO[C@H]1C[C@@H](S(=O)(=O)c2ccc(-c3cncnc3)cc2C(F)(F)F)C[C@@H]1C(=O)NC1(C#N)CC1. The van der Waals surface area contributed by atoms with Crippen LogP contribution in [-0.4, -0.2) is 96.6 Å². The molecule has 4 aliphatic carbocycles. The molecule has 4 aromatic rings. The van der Waals surface area contributed by atoms with Gasteiger partial charge in [-0.3, -0.25) is 9.59 Å². The number of sulfone groups is 2. The molecule has 0 radical (unpaired) electrons. The summed E-state index contributed by atoms with van der Waals surface area (Å²) in [7, 11) is -6.31. The standard InChI is InChI=1S/2C22H21F3N4O4S/c2*1-33-18-8-15(7-16(18)20(30)29-21(11-26)4-5-21)34(31,32)19-3-2-13(6-17(19)22(23,24)25)14-9-27-12-28-10-14/h2*2-3,6,9-10,12,15-16,18H,4-5,7-8H2,1H3,(H,29,30)/t2*15-,16-,18-/m10/s1. The molecule has 2 aromatic carbocycles. The summed E-state index contributed by atoms with van der Waals surface area (Å²) >= 11 is 0. The van der Waals surface area contributed by atoms with Crippen LogP contribution in [0.2, 0.25) is 0 Å². The summed E-state index contributed by atoms with van der Waals surface area (Å²) in [6.45, 7) is 0. The Balaban J connectivity index is 0.000000201. The van der Waals surface area contributed by atoms with Crippen molar-refractivity contribution in [3.05, 3.63) is 85.0 Å². The molecule has 0 aliphatic heterocycles. The minimum absolute atomic E-state index is 0.122. The fraction of sp³-hybridized carbons (Fsp3) is 0.455. The molecule has 6 atom stereocenters. The fourth-order valence-electron chi connectivity index (χ4n) is 8.54. The van der Waals surface area contributed by atoms with E-state index in [2.05, 4.69) is 30.6 Å². The summed E-state index contributed by atoms with van der Waals surface area (Å²) in [4.78, 5) is 38.9. The fourth-order valence-corrected chi connectivity index (χ4v) is 12.5. The zero-order chi connectivity index (χ0) is 49.5. The van der Waals surface area contributed by atoms with Crippen molar-refractivity contribution in [2.45, 2.75) is 107 Å². The lowest BCUT2D eigenvalue weighted by molar-refractivity contribution is -0.140. The van der Waals surface area contributed by atoms with Crippen molar-refractivity contribution in [3.63, 3.8) is 0 Å². The van der Waals surface area contributed by atoms with Crippen LogP contribution in [0.25, 0.3) is 22.3 Å². The Morgan fingerprint density at radius 2 is 0.941 bits per heavy atom. The van der Waals surface area contributed by atoms with Crippen molar-refractivity contribution < 1.29 is 62.2 Å². The van der Waals surface area contributed by atoms with Crippen LogP contribution in [0.1, 0.15) is 62.5 Å². The average molecular weight is 989 g/mol. The first-order valence-corrected chi connectivity index (χ1v) is 24.0. The summed E-state index contributed by atoms with van der Waals surface area (Å²) in [5.41, 5.74) is -3.64. The van der Waals surface area contributed by atoms with Crippen LogP contribution in [0.5, 0.6) is 0 Å². The predicted molar refractivity (Wildman–Crippen MR) is 225 cm³/mol. The highest BCUT2D eigenvalue weighted by atomic mass is 32.2. The number of nitrogens with zero attached hydrogens (tertiary/aromatic N) is 6. The number of methoxy groups -OCH3 is 2. The van der Waals surface area contributed by atoms with E-state index in [1.807, 2.05) is 12.1 Å². The Hall–Kier alpha value is -6.08. The van der Waals surface area contributed by atoms with Gasteiger partial charge in [0.05, 0.1) is 67.6 Å². The van der Waals surface area contributed by atoms with E-state index in [-0.39, 0.29) is 36.8 Å². The Morgan fingerprint density at radius 1 is 0.603 bits per heavy atom. The third kappa shape index (κ3) is 10.3. The van der Waals surface area contributed by atoms with E-state index in [1.54, 1.807) is 0 Å². The van der Waals surface area contributed by atoms with E-state index in [0.717, 1.165) is 24.3 Å². The smallest absolute Gasteiger partial charge is 0.381 e. The third-order valence-corrected chi connectivity index (χ3v) is 17.2. The number of halogens is 6. The van der Waals surface area contributed by atoms with Crippen LogP contribution in [0.4, 0.5) is 26.3 Å². The van der Waals surface area contributed by atoms with Crippen LogP contribution in [0, 0.1) is 34.5 Å². The van der Waals surface area contributed by atoms with Gasteiger partial charge in [-0.05, 0) is 86.8 Å². The van der Waals surface area contributed by atoms with Crippen LogP contribution in [-0.2, 0) is 51.1 Å².